The highest BCUT2D eigenvalue weighted by Gasteiger charge is 2.52. The van der Waals surface area contributed by atoms with Gasteiger partial charge in [0.2, 0.25) is 5.91 Å². The van der Waals surface area contributed by atoms with Gasteiger partial charge in [0.1, 0.15) is 0 Å². The molecule has 2 amide bonds. The molecule has 1 aromatic rings. The number of aliphatic hydroxyl groups excluding tert-OH is 1. The molecule has 0 radical (unpaired) electrons. The van der Waals surface area contributed by atoms with Crippen LogP contribution in [0.5, 0.6) is 0 Å². The van der Waals surface area contributed by atoms with E-state index in [0.717, 1.165) is 19.4 Å². The second kappa shape index (κ2) is 8.90. The van der Waals surface area contributed by atoms with Gasteiger partial charge in [0, 0.05) is 30.3 Å². The van der Waals surface area contributed by atoms with E-state index in [1.807, 2.05) is 0 Å². The Bertz CT molecular complexity index is 816. The normalized spacial score (nSPS) is 24.7. The molecule has 0 unspecified atom stereocenters. The third-order valence-electron chi connectivity index (χ3n) is 5.60. The number of anilines is 2. The van der Waals surface area contributed by atoms with Gasteiger partial charge in [0.15, 0.2) is 5.60 Å². The first kappa shape index (κ1) is 21.2. The van der Waals surface area contributed by atoms with Crippen LogP contribution in [0.1, 0.15) is 31.7 Å². The van der Waals surface area contributed by atoms with Crippen molar-refractivity contribution in [3.63, 3.8) is 0 Å². The SMILES string of the molecule is C=CCN1C(=O)[C@@](O)([C@@H](C)/C=C/CCO)c2cc(NC(=O)[C@H]3CCCN3)ccc21. The summed E-state index contributed by atoms with van der Waals surface area (Å²) in [7, 11) is 0. The number of fused-ring (bicyclic) bond motifs is 1. The largest absolute Gasteiger partial charge is 0.396 e. The van der Waals surface area contributed by atoms with Crippen LogP contribution >= 0.6 is 0 Å². The molecule has 29 heavy (non-hydrogen) atoms. The van der Waals surface area contributed by atoms with E-state index in [2.05, 4.69) is 17.2 Å². The van der Waals surface area contributed by atoms with Crippen molar-refractivity contribution in [3.05, 3.63) is 48.6 Å². The third kappa shape index (κ3) is 3.99. The van der Waals surface area contributed by atoms with Crippen molar-refractivity contribution in [3.8, 4) is 0 Å². The molecule has 3 rings (SSSR count). The minimum absolute atomic E-state index is 0.000152. The Morgan fingerprint density at radius 1 is 1.52 bits per heavy atom. The van der Waals surface area contributed by atoms with Crippen LogP contribution in [-0.2, 0) is 15.2 Å². The highest BCUT2D eigenvalue weighted by molar-refractivity contribution is 6.08. The van der Waals surface area contributed by atoms with Crippen molar-refractivity contribution in [1.82, 2.24) is 5.32 Å². The predicted molar refractivity (Wildman–Crippen MR) is 113 cm³/mol. The number of hydrogen-bond acceptors (Lipinski definition) is 5. The lowest BCUT2D eigenvalue weighted by Crippen LogP contribution is -2.44. The molecule has 0 saturated carbocycles. The predicted octanol–water partition coefficient (Wildman–Crippen LogP) is 1.67. The zero-order chi connectivity index (χ0) is 21.0. The van der Waals surface area contributed by atoms with Gasteiger partial charge in [-0.15, -0.1) is 6.58 Å². The Morgan fingerprint density at radius 2 is 2.31 bits per heavy atom. The molecule has 7 nitrogen and oxygen atoms in total. The summed E-state index contributed by atoms with van der Waals surface area (Å²) in [5.41, 5.74) is -0.142. The summed E-state index contributed by atoms with van der Waals surface area (Å²) in [5.74, 6) is -1.05. The number of nitrogens with one attached hydrogen (secondary N) is 2. The molecule has 2 heterocycles. The van der Waals surface area contributed by atoms with Gasteiger partial charge < -0.3 is 25.7 Å². The average Bonchev–Trinajstić information content (AvgIpc) is 3.32. The molecule has 2 aliphatic heterocycles. The average molecular weight is 399 g/mol. The lowest BCUT2D eigenvalue weighted by molar-refractivity contribution is -0.139. The van der Waals surface area contributed by atoms with E-state index in [0.29, 0.717) is 23.4 Å². The molecule has 1 fully saturated rings. The number of aliphatic hydroxyl groups is 2. The fourth-order valence-electron chi connectivity index (χ4n) is 3.99. The van der Waals surface area contributed by atoms with Gasteiger partial charge >= 0.3 is 0 Å². The van der Waals surface area contributed by atoms with E-state index in [9.17, 15) is 14.7 Å². The number of nitrogens with zero attached hydrogens (tertiary/aromatic N) is 1. The third-order valence-corrected chi connectivity index (χ3v) is 5.60. The number of carbonyl (C=O) groups is 2. The Balaban J connectivity index is 1.94. The number of carbonyl (C=O) groups excluding carboxylic acids is 2. The summed E-state index contributed by atoms with van der Waals surface area (Å²) in [5, 5.41) is 26.5. The lowest BCUT2D eigenvalue weighted by Gasteiger charge is -2.27. The Labute approximate surface area is 171 Å². The Hall–Kier alpha value is -2.48. The van der Waals surface area contributed by atoms with Gasteiger partial charge in [-0.05, 0) is 44.0 Å². The smallest absolute Gasteiger partial charge is 0.264 e. The van der Waals surface area contributed by atoms with Crippen LogP contribution in [0.15, 0.2) is 43.0 Å². The fraction of sp³-hybridized carbons (Fsp3) is 0.455. The van der Waals surface area contributed by atoms with E-state index in [-0.39, 0.29) is 25.1 Å². The molecule has 2 aliphatic rings. The first-order chi connectivity index (χ1) is 13.9. The van der Waals surface area contributed by atoms with Crippen LogP contribution in [0.3, 0.4) is 0 Å². The van der Waals surface area contributed by atoms with Crippen molar-refractivity contribution in [2.75, 3.05) is 29.9 Å². The summed E-state index contributed by atoms with van der Waals surface area (Å²) < 4.78 is 0. The van der Waals surface area contributed by atoms with Crippen LogP contribution in [0.4, 0.5) is 11.4 Å². The van der Waals surface area contributed by atoms with Gasteiger partial charge in [-0.1, -0.05) is 25.2 Å². The molecular formula is C22H29N3O4. The summed E-state index contributed by atoms with van der Waals surface area (Å²) in [6.07, 6.45) is 7.30. The first-order valence-corrected chi connectivity index (χ1v) is 10.0. The monoisotopic (exact) mass is 399 g/mol. The number of rotatable bonds is 8. The molecule has 4 N–H and O–H groups in total. The van der Waals surface area contributed by atoms with E-state index in [4.69, 9.17) is 5.11 Å². The molecule has 1 saturated heterocycles. The summed E-state index contributed by atoms with van der Waals surface area (Å²) in [4.78, 5) is 27.1. The minimum atomic E-state index is -1.75. The topological polar surface area (TPSA) is 102 Å². The molecule has 0 aliphatic carbocycles. The quantitative estimate of drug-likeness (QED) is 0.498. The van der Waals surface area contributed by atoms with Crippen LogP contribution in [-0.4, -0.2) is 47.8 Å². The van der Waals surface area contributed by atoms with Crippen molar-refractivity contribution < 1.29 is 19.8 Å². The first-order valence-electron chi connectivity index (χ1n) is 10.0. The second-order valence-electron chi connectivity index (χ2n) is 7.57. The zero-order valence-electron chi connectivity index (χ0n) is 16.7. The summed E-state index contributed by atoms with van der Waals surface area (Å²) in [6, 6.07) is 4.95. The zero-order valence-corrected chi connectivity index (χ0v) is 16.7. The molecule has 0 aromatic heterocycles. The van der Waals surface area contributed by atoms with Crippen molar-refractivity contribution in [1.29, 1.82) is 0 Å². The number of benzene rings is 1. The molecule has 1 aromatic carbocycles. The molecule has 7 heteroatoms. The van der Waals surface area contributed by atoms with Gasteiger partial charge in [-0.2, -0.15) is 0 Å². The van der Waals surface area contributed by atoms with Crippen LogP contribution < -0.4 is 15.5 Å². The van der Waals surface area contributed by atoms with Crippen LogP contribution in [0.25, 0.3) is 0 Å². The highest BCUT2D eigenvalue weighted by Crippen LogP contribution is 2.46. The second-order valence-corrected chi connectivity index (χ2v) is 7.57. The van der Waals surface area contributed by atoms with Gasteiger partial charge in [0.05, 0.1) is 11.7 Å². The van der Waals surface area contributed by atoms with Crippen molar-refractivity contribution >= 4 is 23.2 Å². The van der Waals surface area contributed by atoms with Crippen molar-refractivity contribution in [2.24, 2.45) is 5.92 Å². The van der Waals surface area contributed by atoms with Crippen LogP contribution in [0.2, 0.25) is 0 Å². The molecule has 0 bridgehead atoms. The maximum absolute atomic E-state index is 13.1. The summed E-state index contributed by atoms with van der Waals surface area (Å²) in [6.45, 7) is 6.57. The lowest BCUT2D eigenvalue weighted by atomic mass is 9.82. The Morgan fingerprint density at radius 3 is 2.97 bits per heavy atom. The number of amides is 2. The standard InChI is InChI=1S/C22H29N3O4/c1-3-12-25-19-10-9-16(24-20(27)18-8-6-11-23-18)14-17(19)22(29,21(25)28)15(2)7-4-5-13-26/h3-4,7,9-10,14-15,18,23,26,29H,1,5-6,8,11-13H2,2H3,(H,24,27)/b7-4+/t15-,18+,22+/m0/s1. The van der Waals surface area contributed by atoms with Crippen LogP contribution in [0, 0.1) is 5.92 Å². The van der Waals surface area contributed by atoms with E-state index in [1.54, 1.807) is 43.4 Å². The molecular weight excluding hydrogens is 370 g/mol. The minimum Gasteiger partial charge on any atom is -0.396 e. The van der Waals surface area contributed by atoms with E-state index in [1.165, 1.54) is 4.90 Å². The maximum Gasteiger partial charge on any atom is 0.264 e. The molecule has 0 spiro atoms. The number of hydrogen-bond donors (Lipinski definition) is 4. The summed E-state index contributed by atoms with van der Waals surface area (Å²) >= 11 is 0. The van der Waals surface area contributed by atoms with Gasteiger partial charge in [-0.25, -0.2) is 0 Å². The highest BCUT2D eigenvalue weighted by atomic mass is 16.3. The molecule has 156 valence electrons. The maximum atomic E-state index is 13.1. The fourth-order valence-corrected chi connectivity index (χ4v) is 3.99. The Kier molecular flexibility index (Phi) is 6.52. The van der Waals surface area contributed by atoms with Gasteiger partial charge in [0.25, 0.3) is 5.91 Å². The van der Waals surface area contributed by atoms with E-state index < -0.39 is 17.4 Å². The van der Waals surface area contributed by atoms with E-state index >= 15 is 0 Å². The van der Waals surface area contributed by atoms with Gasteiger partial charge in [-0.3, -0.25) is 9.59 Å². The van der Waals surface area contributed by atoms with Crippen molar-refractivity contribution in [2.45, 2.75) is 37.8 Å². The molecule has 3 atom stereocenters.